The van der Waals surface area contributed by atoms with Gasteiger partial charge in [-0.05, 0) is 54.8 Å². The Morgan fingerprint density at radius 2 is 1.87 bits per heavy atom. The summed E-state index contributed by atoms with van der Waals surface area (Å²) in [5.41, 5.74) is 6.01. The van der Waals surface area contributed by atoms with Gasteiger partial charge in [-0.15, -0.1) is 11.8 Å². The van der Waals surface area contributed by atoms with Crippen LogP contribution >= 0.6 is 11.8 Å². The van der Waals surface area contributed by atoms with E-state index < -0.39 is 27.9 Å². The third kappa shape index (κ3) is 8.24. The number of amides is 2. The minimum absolute atomic E-state index is 0.130. The number of carbonyl (C=O) groups excluding carboxylic acids is 2. The molecule has 0 atom stereocenters. The zero-order valence-corrected chi connectivity index (χ0v) is 26.6. The summed E-state index contributed by atoms with van der Waals surface area (Å²) in [4.78, 5) is 28.1. The largest absolute Gasteiger partial charge is 0.490 e. The van der Waals surface area contributed by atoms with Gasteiger partial charge in [0.2, 0.25) is 0 Å². The van der Waals surface area contributed by atoms with Gasteiger partial charge in [0.1, 0.15) is 19.0 Å². The van der Waals surface area contributed by atoms with Crippen molar-refractivity contribution in [1.82, 2.24) is 15.1 Å². The van der Waals surface area contributed by atoms with Crippen LogP contribution in [-0.2, 0) is 21.4 Å². The molecule has 11 nitrogen and oxygen atoms in total. The predicted molar refractivity (Wildman–Crippen MR) is 173 cm³/mol. The molecule has 2 heterocycles. The molecule has 1 aliphatic rings. The Morgan fingerprint density at radius 3 is 2.69 bits per heavy atom. The van der Waals surface area contributed by atoms with Crippen molar-refractivity contribution in [2.24, 2.45) is 0 Å². The van der Waals surface area contributed by atoms with Crippen LogP contribution in [0.1, 0.15) is 27.0 Å². The lowest BCUT2D eigenvalue weighted by molar-refractivity contribution is 0.0956. The van der Waals surface area contributed by atoms with Gasteiger partial charge in [0.05, 0.1) is 24.2 Å². The standard InChI is InChI=1S/C32H34N4O7S2/c1-22-6-3-11-29(23(22)2)42-14-15-43-32(38)36-13-16-44-30-27(9-5-10-28(30)36)26-19-34-35(21-26)20-24-7-4-8-25(18-24)31(37)33-12-17-45(39,40)41/h3-11,18-19,21H,12-17,20H2,1-2H3,(H,33,37)(H,39,40,41). The minimum atomic E-state index is -4.16. The fourth-order valence-electron chi connectivity index (χ4n) is 4.89. The number of anilines is 1. The molecule has 4 aromatic rings. The molecular formula is C32H34N4O7S2. The highest BCUT2D eigenvalue weighted by atomic mass is 32.2. The second-order valence-corrected chi connectivity index (χ2v) is 13.2. The Hall–Kier alpha value is -4.33. The van der Waals surface area contributed by atoms with Crippen molar-refractivity contribution in [3.63, 3.8) is 0 Å². The number of carbonyl (C=O) groups is 2. The van der Waals surface area contributed by atoms with Gasteiger partial charge in [0.25, 0.3) is 16.0 Å². The first kappa shape index (κ1) is 32.1. The maximum Gasteiger partial charge on any atom is 0.414 e. The molecule has 0 aliphatic carbocycles. The van der Waals surface area contributed by atoms with Crippen LogP contribution in [0, 0.1) is 13.8 Å². The van der Waals surface area contributed by atoms with Crippen LogP contribution in [0.5, 0.6) is 5.75 Å². The van der Waals surface area contributed by atoms with Gasteiger partial charge in [-0.25, -0.2) is 4.79 Å². The van der Waals surface area contributed by atoms with Gasteiger partial charge < -0.3 is 14.8 Å². The van der Waals surface area contributed by atoms with E-state index in [1.54, 1.807) is 45.7 Å². The molecule has 2 N–H and O–H groups in total. The first-order valence-corrected chi connectivity index (χ1v) is 16.9. The van der Waals surface area contributed by atoms with Crippen LogP contribution in [0.3, 0.4) is 0 Å². The monoisotopic (exact) mass is 650 g/mol. The second-order valence-electron chi connectivity index (χ2n) is 10.5. The summed E-state index contributed by atoms with van der Waals surface area (Å²) in [5.74, 6) is 0.498. The third-order valence-corrected chi connectivity index (χ3v) is 9.14. The Morgan fingerprint density at radius 1 is 1.07 bits per heavy atom. The fraction of sp³-hybridized carbons (Fsp3) is 0.281. The van der Waals surface area contributed by atoms with Gasteiger partial charge in [0.15, 0.2) is 0 Å². The van der Waals surface area contributed by atoms with Crippen LogP contribution in [0.4, 0.5) is 10.5 Å². The first-order valence-electron chi connectivity index (χ1n) is 14.3. The van der Waals surface area contributed by atoms with E-state index in [1.165, 1.54) is 0 Å². The highest BCUT2D eigenvalue weighted by Gasteiger charge is 2.26. The molecule has 0 radical (unpaired) electrons. The van der Waals surface area contributed by atoms with Crippen molar-refractivity contribution in [3.05, 3.63) is 95.3 Å². The number of nitrogens with zero attached hydrogens (tertiary/aromatic N) is 3. The van der Waals surface area contributed by atoms with Gasteiger partial charge in [-0.3, -0.25) is 18.9 Å². The molecule has 236 valence electrons. The molecular weight excluding hydrogens is 617 g/mol. The molecule has 0 unspecified atom stereocenters. The maximum atomic E-state index is 13.1. The molecule has 1 aromatic heterocycles. The number of benzene rings is 3. The van der Waals surface area contributed by atoms with E-state index in [9.17, 15) is 18.0 Å². The maximum absolute atomic E-state index is 13.1. The lowest BCUT2D eigenvalue weighted by Crippen LogP contribution is -2.36. The number of aromatic nitrogens is 2. The summed E-state index contributed by atoms with van der Waals surface area (Å²) in [6.07, 6.45) is 3.26. The SMILES string of the molecule is Cc1cccc(OCCOC(=O)N2CCSc3c(-c4cnn(Cc5cccc(C(=O)NCCS(=O)(=O)O)c5)c4)cccc32)c1C. The van der Waals surface area contributed by atoms with Gasteiger partial charge in [0, 0.05) is 46.6 Å². The second kappa shape index (κ2) is 14.2. The van der Waals surface area contributed by atoms with Crippen LogP contribution in [0.25, 0.3) is 11.1 Å². The molecule has 5 rings (SSSR count). The molecule has 0 spiro atoms. The molecule has 1 aliphatic heterocycles. The summed E-state index contributed by atoms with van der Waals surface area (Å²) < 4.78 is 43.9. The van der Waals surface area contributed by atoms with Crippen LogP contribution in [0.15, 0.2) is 78.0 Å². The van der Waals surface area contributed by atoms with Gasteiger partial charge >= 0.3 is 6.09 Å². The number of hydrogen-bond acceptors (Lipinski definition) is 8. The molecule has 2 amide bonds. The van der Waals surface area contributed by atoms with E-state index in [0.717, 1.165) is 44.1 Å². The number of nitrogens with one attached hydrogen (secondary N) is 1. The number of fused-ring (bicyclic) bond motifs is 1. The molecule has 0 saturated carbocycles. The minimum Gasteiger partial charge on any atom is -0.490 e. The molecule has 3 aromatic carbocycles. The quantitative estimate of drug-likeness (QED) is 0.170. The van der Waals surface area contributed by atoms with E-state index in [4.69, 9.17) is 14.0 Å². The highest BCUT2D eigenvalue weighted by Crippen LogP contribution is 2.42. The number of aryl methyl sites for hydroxylation is 1. The zero-order valence-electron chi connectivity index (χ0n) is 24.9. The van der Waals surface area contributed by atoms with Crippen LogP contribution in [-0.4, -0.2) is 72.6 Å². The molecule has 13 heteroatoms. The summed E-state index contributed by atoms with van der Waals surface area (Å²) in [6, 6.07) is 18.6. The number of ether oxygens (including phenoxy) is 2. The number of hydrogen-bond donors (Lipinski definition) is 2. The first-order chi connectivity index (χ1) is 21.6. The van der Waals surface area contributed by atoms with Crippen molar-refractivity contribution in [3.8, 4) is 16.9 Å². The van der Waals surface area contributed by atoms with Crippen LogP contribution in [0.2, 0.25) is 0 Å². The van der Waals surface area contributed by atoms with Crippen molar-refractivity contribution < 1.29 is 32.0 Å². The Bertz CT molecular complexity index is 1810. The number of rotatable bonds is 11. The van der Waals surface area contributed by atoms with E-state index >= 15 is 0 Å². The smallest absolute Gasteiger partial charge is 0.414 e. The van der Waals surface area contributed by atoms with E-state index in [2.05, 4.69) is 10.4 Å². The Balaban J connectivity index is 1.22. The van der Waals surface area contributed by atoms with Crippen molar-refractivity contribution in [1.29, 1.82) is 0 Å². The summed E-state index contributed by atoms with van der Waals surface area (Å²) in [6.45, 7) is 5.14. The summed E-state index contributed by atoms with van der Waals surface area (Å²) >= 11 is 1.68. The average Bonchev–Trinajstić information content (AvgIpc) is 3.48. The summed E-state index contributed by atoms with van der Waals surface area (Å²) in [5, 5.41) is 7.01. The van der Waals surface area contributed by atoms with Crippen molar-refractivity contribution in [2.75, 3.05) is 42.7 Å². The fourth-order valence-corrected chi connectivity index (χ4v) is 6.39. The molecule has 45 heavy (non-hydrogen) atoms. The molecule has 0 saturated heterocycles. The van der Waals surface area contributed by atoms with Crippen molar-refractivity contribution in [2.45, 2.75) is 25.3 Å². The molecule has 0 fully saturated rings. The van der Waals surface area contributed by atoms with Gasteiger partial charge in [-0.2, -0.15) is 13.5 Å². The normalized spacial score (nSPS) is 12.8. The van der Waals surface area contributed by atoms with E-state index in [1.807, 2.05) is 62.5 Å². The summed E-state index contributed by atoms with van der Waals surface area (Å²) in [7, 11) is -4.16. The average molecular weight is 651 g/mol. The zero-order chi connectivity index (χ0) is 32.0. The van der Waals surface area contributed by atoms with E-state index in [0.29, 0.717) is 24.4 Å². The predicted octanol–water partition coefficient (Wildman–Crippen LogP) is 4.96. The third-order valence-electron chi connectivity index (χ3n) is 7.31. The van der Waals surface area contributed by atoms with E-state index in [-0.39, 0.29) is 19.8 Å². The lowest BCUT2D eigenvalue weighted by Gasteiger charge is -2.29. The number of thioether (sulfide) groups is 1. The Labute approximate surface area is 266 Å². The highest BCUT2D eigenvalue weighted by molar-refractivity contribution is 7.99. The lowest BCUT2D eigenvalue weighted by atomic mass is 10.1. The van der Waals surface area contributed by atoms with Gasteiger partial charge in [-0.1, -0.05) is 36.4 Å². The molecule has 0 bridgehead atoms. The van der Waals surface area contributed by atoms with Crippen molar-refractivity contribution >= 4 is 39.6 Å². The Kier molecular flexibility index (Phi) is 10.1. The topological polar surface area (TPSA) is 140 Å². The van der Waals surface area contributed by atoms with Crippen LogP contribution < -0.4 is 15.0 Å².